The first kappa shape index (κ1) is 11.6. The van der Waals surface area contributed by atoms with Crippen LogP contribution in [0.25, 0.3) is 0 Å². The zero-order chi connectivity index (χ0) is 10.6. The highest BCUT2D eigenvalue weighted by molar-refractivity contribution is 4.87. The normalized spacial score (nSPS) is 22.2. The predicted molar refractivity (Wildman–Crippen MR) is 62.1 cm³/mol. The molecular weight excluding hydrogens is 170 g/mol. The van der Waals surface area contributed by atoms with Crippen molar-refractivity contribution in [1.82, 2.24) is 4.90 Å². The highest BCUT2D eigenvalue weighted by Crippen LogP contribution is 2.36. The highest BCUT2D eigenvalue weighted by atomic mass is 15.1. The molecule has 0 radical (unpaired) electrons. The molecule has 1 aliphatic carbocycles. The van der Waals surface area contributed by atoms with Gasteiger partial charge in [-0.1, -0.05) is 13.8 Å². The summed E-state index contributed by atoms with van der Waals surface area (Å²) in [5.41, 5.74) is 0.573. The number of rotatable bonds is 3. The van der Waals surface area contributed by atoms with Gasteiger partial charge in [0.1, 0.15) is 0 Å². The van der Waals surface area contributed by atoms with Gasteiger partial charge in [-0.15, -0.1) is 12.3 Å². The van der Waals surface area contributed by atoms with E-state index in [9.17, 15) is 0 Å². The molecule has 1 saturated carbocycles. The van der Waals surface area contributed by atoms with Crippen LogP contribution in [0.1, 0.15) is 46.0 Å². The standard InChI is InChI=1S/C13H23N/c1-5-6-11-14(4)12-7-9-13(2,3)10-8-12/h1,12H,6-11H2,2-4H3. The third kappa shape index (κ3) is 3.35. The molecule has 0 amide bonds. The minimum absolute atomic E-state index is 0.573. The summed E-state index contributed by atoms with van der Waals surface area (Å²) >= 11 is 0. The monoisotopic (exact) mass is 193 g/mol. The molecule has 0 aromatic rings. The predicted octanol–water partition coefficient (Wildman–Crippen LogP) is 2.91. The van der Waals surface area contributed by atoms with Crippen molar-refractivity contribution >= 4 is 0 Å². The molecular formula is C13H23N. The molecule has 1 aliphatic rings. The first-order valence-electron chi connectivity index (χ1n) is 5.69. The van der Waals surface area contributed by atoms with E-state index in [4.69, 9.17) is 6.42 Å². The number of hydrogen-bond donors (Lipinski definition) is 0. The van der Waals surface area contributed by atoms with Gasteiger partial charge in [0.2, 0.25) is 0 Å². The van der Waals surface area contributed by atoms with E-state index in [0.717, 1.165) is 19.0 Å². The first-order chi connectivity index (χ1) is 6.55. The van der Waals surface area contributed by atoms with Crippen molar-refractivity contribution in [2.75, 3.05) is 13.6 Å². The van der Waals surface area contributed by atoms with E-state index in [-0.39, 0.29) is 0 Å². The van der Waals surface area contributed by atoms with Gasteiger partial charge in [0.15, 0.2) is 0 Å². The topological polar surface area (TPSA) is 3.24 Å². The average molecular weight is 193 g/mol. The summed E-state index contributed by atoms with van der Waals surface area (Å²) in [5.74, 6) is 2.71. The van der Waals surface area contributed by atoms with E-state index in [1.54, 1.807) is 0 Å². The summed E-state index contributed by atoms with van der Waals surface area (Å²) in [5, 5.41) is 0. The fraction of sp³-hybridized carbons (Fsp3) is 0.846. The van der Waals surface area contributed by atoms with Crippen molar-refractivity contribution in [1.29, 1.82) is 0 Å². The summed E-state index contributed by atoms with van der Waals surface area (Å²) in [6, 6.07) is 0.774. The van der Waals surface area contributed by atoms with Gasteiger partial charge in [-0.3, -0.25) is 0 Å². The maximum Gasteiger partial charge on any atom is 0.0214 e. The maximum atomic E-state index is 5.27. The molecule has 1 heteroatoms. The molecule has 80 valence electrons. The fourth-order valence-electron chi connectivity index (χ4n) is 2.25. The van der Waals surface area contributed by atoms with Crippen LogP contribution in [0, 0.1) is 17.8 Å². The molecule has 1 nitrogen and oxygen atoms in total. The molecule has 0 spiro atoms. The summed E-state index contributed by atoms with van der Waals surface area (Å²) in [7, 11) is 2.21. The summed E-state index contributed by atoms with van der Waals surface area (Å²) in [6.07, 6.45) is 11.6. The van der Waals surface area contributed by atoms with Crippen LogP contribution in [-0.4, -0.2) is 24.5 Å². The molecule has 0 unspecified atom stereocenters. The Morgan fingerprint density at radius 3 is 2.43 bits per heavy atom. The Morgan fingerprint density at radius 2 is 1.93 bits per heavy atom. The van der Waals surface area contributed by atoms with Crippen molar-refractivity contribution in [3.05, 3.63) is 0 Å². The quantitative estimate of drug-likeness (QED) is 0.623. The third-order valence-electron chi connectivity index (χ3n) is 3.54. The second-order valence-electron chi connectivity index (χ2n) is 5.33. The summed E-state index contributed by atoms with van der Waals surface area (Å²) in [6.45, 7) is 5.82. The van der Waals surface area contributed by atoms with E-state index >= 15 is 0 Å². The van der Waals surface area contributed by atoms with Gasteiger partial charge in [0.25, 0.3) is 0 Å². The first-order valence-corrected chi connectivity index (χ1v) is 5.69. The SMILES string of the molecule is C#CCCN(C)C1CCC(C)(C)CC1. The van der Waals surface area contributed by atoms with Gasteiger partial charge >= 0.3 is 0 Å². The second kappa shape index (κ2) is 4.84. The zero-order valence-corrected chi connectivity index (χ0v) is 9.84. The average Bonchev–Trinajstić information content (AvgIpc) is 2.14. The molecule has 0 saturated heterocycles. The molecule has 1 rings (SSSR count). The van der Waals surface area contributed by atoms with Gasteiger partial charge in [-0.25, -0.2) is 0 Å². The Hall–Kier alpha value is -0.480. The number of hydrogen-bond acceptors (Lipinski definition) is 1. The van der Waals surface area contributed by atoms with Crippen LogP contribution in [0.4, 0.5) is 0 Å². The van der Waals surface area contributed by atoms with Gasteiger partial charge in [-0.05, 0) is 38.1 Å². The van der Waals surface area contributed by atoms with Crippen LogP contribution in [0.2, 0.25) is 0 Å². The Bertz CT molecular complexity index is 202. The molecule has 0 aromatic carbocycles. The van der Waals surface area contributed by atoms with E-state index in [1.807, 2.05) is 0 Å². The van der Waals surface area contributed by atoms with Crippen molar-refractivity contribution in [3.63, 3.8) is 0 Å². The van der Waals surface area contributed by atoms with Gasteiger partial charge in [0.05, 0.1) is 0 Å². The lowest BCUT2D eigenvalue weighted by Gasteiger charge is -2.38. The Morgan fingerprint density at radius 1 is 1.36 bits per heavy atom. The smallest absolute Gasteiger partial charge is 0.0214 e. The van der Waals surface area contributed by atoms with E-state index < -0.39 is 0 Å². The summed E-state index contributed by atoms with van der Waals surface area (Å²) in [4.78, 5) is 2.44. The maximum absolute atomic E-state index is 5.27. The van der Waals surface area contributed by atoms with Gasteiger partial charge in [-0.2, -0.15) is 0 Å². The third-order valence-corrected chi connectivity index (χ3v) is 3.54. The minimum atomic E-state index is 0.573. The second-order valence-corrected chi connectivity index (χ2v) is 5.33. The minimum Gasteiger partial charge on any atom is -0.302 e. The van der Waals surface area contributed by atoms with Crippen LogP contribution in [-0.2, 0) is 0 Å². The van der Waals surface area contributed by atoms with Crippen molar-refractivity contribution in [2.45, 2.75) is 52.0 Å². The van der Waals surface area contributed by atoms with Crippen LogP contribution in [0.5, 0.6) is 0 Å². The Balaban J connectivity index is 2.31. The molecule has 0 bridgehead atoms. The Labute approximate surface area is 88.9 Å². The van der Waals surface area contributed by atoms with E-state index in [0.29, 0.717) is 5.41 Å². The highest BCUT2D eigenvalue weighted by Gasteiger charge is 2.28. The Kier molecular flexibility index (Phi) is 4.01. The molecule has 0 atom stereocenters. The summed E-state index contributed by atoms with van der Waals surface area (Å²) < 4.78 is 0. The number of terminal acetylenes is 1. The molecule has 0 aliphatic heterocycles. The van der Waals surface area contributed by atoms with Gasteiger partial charge < -0.3 is 4.90 Å². The van der Waals surface area contributed by atoms with Gasteiger partial charge in [0, 0.05) is 19.0 Å². The lowest BCUT2D eigenvalue weighted by molar-refractivity contribution is 0.129. The molecule has 0 heterocycles. The van der Waals surface area contributed by atoms with Crippen molar-refractivity contribution in [2.24, 2.45) is 5.41 Å². The lowest BCUT2D eigenvalue weighted by Crippen LogP contribution is -2.37. The molecule has 0 N–H and O–H groups in total. The van der Waals surface area contributed by atoms with Crippen LogP contribution in [0.3, 0.4) is 0 Å². The largest absolute Gasteiger partial charge is 0.302 e. The lowest BCUT2D eigenvalue weighted by atomic mass is 9.75. The van der Waals surface area contributed by atoms with Crippen LogP contribution < -0.4 is 0 Å². The van der Waals surface area contributed by atoms with Crippen molar-refractivity contribution in [3.8, 4) is 12.3 Å². The van der Waals surface area contributed by atoms with Crippen molar-refractivity contribution < 1.29 is 0 Å². The fourth-order valence-corrected chi connectivity index (χ4v) is 2.25. The molecule has 1 fully saturated rings. The molecule has 14 heavy (non-hydrogen) atoms. The number of nitrogens with zero attached hydrogens (tertiary/aromatic N) is 1. The van der Waals surface area contributed by atoms with E-state index in [2.05, 4.69) is 31.7 Å². The van der Waals surface area contributed by atoms with Crippen LogP contribution >= 0.6 is 0 Å². The van der Waals surface area contributed by atoms with E-state index in [1.165, 1.54) is 25.7 Å². The van der Waals surface area contributed by atoms with Crippen LogP contribution in [0.15, 0.2) is 0 Å². The zero-order valence-electron chi connectivity index (χ0n) is 9.84. The molecule has 0 aromatic heterocycles.